The van der Waals surface area contributed by atoms with Crippen LogP contribution in [0.1, 0.15) is 31.1 Å². The van der Waals surface area contributed by atoms with Crippen LogP contribution in [0.5, 0.6) is 11.5 Å². The summed E-state index contributed by atoms with van der Waals surface area (Å²) in [6.07, 6.45) is 0. The smallest absolute Gasteiger partial charge is 0.254 e. The van der Waals surface area contributed by atoms with Gasteiger partial charge in [0.05, 0.1) is 20.8 Å². The molecule has 0 bridgehead atoms. The van der Waals surface area contributed by atoms with Crippen LogP contribution in [0.3, 0.4) is 0 Å². The highest BCUT2D eigenvalue weighted by atomic mass is 16.5. The fourth-order valence-electron chi connectivity index (χ4n) is 2.70. The Balaban J connectivity index is 1.96. The number of hydrogen-bond acceptors (Lipinski definition) is 5. The lowest BCUT2D eigenvalue weighted by Gasteiger charge is -2.35. The SMILES string of the molecule is COc1ccc(C(=O)N2CCN(CC(=O)C(C)(C)C)CC2)cc1OC. The number of nitrogens with zero attached hydrogens (tertiary/aromatic N) is 2. The molecule has 138 valence electrons. The minimum atomic E-state index is -0.327. The van der Waals surface area contributed by atoms with Crippen LogP contribution in [-0.4, -0.2) is 68.4 Å². The average Bonchev–Trinajstić information content (AvgIpc) is 2.60. The van der Waals surface area contributed by atoms with Crippen molar-refractivity contribution in [2.24, 2.45) is 5.41 Å². The summed E-state index contributed by atoms with van der Waals surface area (Å²) in [4.78, 5) is 28.8. The van der Waals surface area contributed by atoms with Crippen LogP contribution in [0.15, 0.2) is 18.2 Å². The zero-order valence-corrected chi connectivity index (χ0v) is 15.8. The predicted octanol–water partition coefficient (Wildman–Crippen LogP) is 2.08. The molecule has 1 fully saturated rings. The molecule has 1 aliphatic heterocycles. The highest BCUT2D eigenvalue weighted by molar-refractivity contribution is 5.95. The van der Waals surface area contributed by atoms with E-state index in [0.717, 1.165) is 0 Å². The molecule has 0 spiro atoms. The van der Waals surface area contributed by atoms with Gasteiger partial charge in [-0.15, -0.1) is 0 Å². The van der Waals surface area contributed by atoms with Crippen LogP contribution in [0, 0.1) is 5.41 Å². The molecule has 0 atom stereocenters. The lowest BCUT2D eigenvalue weighted by molar-refractivity contribution is -0.127. The Morgan fingerprint density at radius 3 is 2.12 bits per heavy atom. The number of carbonyl (C=O) groups excluding carboxylic acids is 2. The van der Waals surface area contributed by atoms with Crippen molar-refractivity contribution in [2.45, 2.75) is 20.8 Å². The first-order valence-electron chi connectivity index (χ1n) is 8.53. The van der Waals surface area contributed by atoms with E-state index < -0.39 is 0 Å². The van der Waals surface area contributed by atoms with Gasteiger partial charge in [-0.05, 0) is 18.2 Å². The molecule has 1 aliphatic rings. The van der Waals surface area contributed by atoms with E-state index >= 15 is 0 Å². The van der Waals surface area contributed by atoms with Gasteiger partial charge in [-0.25, -0.2) is 0 Å². The standard InChI is InChI=1S/C19H28N2O4/c1-19(2,3)17(22)13-20-8-10-21(11-9-20)18(23)14-6-7-15(24-4)16(12-14)25-5/h6-7,12H,8-11,13H2,1-5H3. The van der Waals surface area contributed by atoms with Crippen LogP contribution in [-0.2, 0) is 4.79 Å². The van der Waals surface area contributed by atoms with E-state index in [2.05, 4.69) is 4.90 Å². The zero-order chi connectivity index (χ0) is 18.6. The molecule has 0 saturated carbocycles. The van der Waals surface area contributed by atoms with Crippen LogP contribution in [0.25, 0.3) is 0 Å². The van der Waals surface area contributed by atoms with Crippen molar-refractivity contribution in [1.82, 2.24) is 9.80 Å². The number of ketones is 1. The third-order valence-corrected chi connectivity index (χ3v) is 4.49. The molecule has 1 saturated heterocycles. The van der Waals surface area contributed by atoms with Gasteiger partial charge in [-0.2, -0.15) is 0 Å². The van der Waals surface area contributed by atoms with Crippen molar-refractivity contribution < 1.29 is 19.1 Å². The molecule has 1 aromatic rings. The van der Waals surface area contributed by atoms with Crippen molar-refractivity contribution in [3.63, 3.8) is 0 Å². The highest BCUT2D eigenvalue weighted by Crippen LogP contribution is 2.28. The number of Topliss-reactive ketones (excluding diaryl/α,β-unsaturated/α-hetero) is 1. The first-order chi connectivity index (χ1) is 11.8. The Bertz CT molecular complexity index is 629. The first kappa shape index (κ1) is 19.2. The van der Waals surface area contributed by atoms with Crippen LogP contribution < -0.4 is 9.47 Å². The summed E-state index contributed by atoms with van der Waals surface area (Å²) < 4.78 is 10.5. The monoisotopic (exact) mass is 348 g/mol. The number of piperazine rings is 1. The summed E-state index contributed by atoms with van der Waals surface area (Å²) in [5.41, 5.74) is 0.254. The number of ether oxygens (including phenoxy) is 2. The summed E-state index contributed by atoms with van der Waals surface area (Å²) in [7, 11) is 3.12. The summed E-state index contributed by atoms with van der Waals surface area (Å²) in [5.74, 6) is 1.35. The normalized spacial score (nSPS) is 15.8. The van der Waals surface area contributed by atoms with Crippen molar-refractivity contribution in [2.75, 3.05) is 46.9 Å². The molecule has 0 aliphatic carbocycles. The van der Waals surface area contributed by atoms with Crippen molar-refractivity contribution in [3.8, 4) is 11.5 Å². The van der Waals surface area contributed by atoms with E-state index in [1.807, 2.05) is 25.7 Å². The molecule has 2 rings (SSSR count). The van der Waals surface area contributed by atoms with Gasteiger partial charge in [0, 0.05) is 37.2 Å². The maximum absolute atomic E-state index is 12.7. The Kier molecular flexibility index (Phi) is 6.06. The van der Waals surface area contributed by atoms with Crippen molar-refractivity contribution in [1.29, 1.82) is 0 Å². The maximum atomic E-state index is 12.7. The summed E-state index contributed by atoms with van der Waals surface area (Å²) in [6, 6.07) is 5.19. The van der Waals surface area contributed by atoms with E-state index in [0.29, 0.717) is 49.8 Å². The summed E-state index contributed by atoms with van der Waals surface area (Å²) in [5, 5.41) is 0. The van der Waals surface area contributed by atoms with Gasteiger partial charge in [0.2, 0.25) is 0 Å². The Labute approximate surface area is 149 Å². The number of carbonyl (C=O) groups is 2. The van der Waals surface area contributed by atoms with E-state index in [-0.39, 0.29) is 17.1 Å². The second kappa shape index (κ2) is 7.87. The van der Waals surface area contributed by atoms with Crippen LogP contribution >= 0.6 is 0 Å². The molecule has 0 N–H and O–H groups in total. The quantitative estimate of drug-likeness (QED) is 0.815. The van der Waals surface area contributed by atoms with Crippen molar-refractivity contribution in [3.05, 3.63) is 23.8 Å². The second-order valence-corrected chi connectivity index (χ2v) is 7.31. The Morgan fingerprint density at radius 2 is 1.60 bits per heavy atom. The molecular formula is C19H28N2O4. The van der Waals surface area contributed by atoms with Crippen LogP contribution in [0.2, 0.25) is 0 Å². The average molecular weight is 348 g/mol. The molecule has 1 heterocycles. The van der Waals surface area contributed by atoms with Gasteiger partial charge in [0.25, 0.3) is 5.91 Å². The molecule has 0 radical (unpaired) electrons. The van der Waals surface area contributed by atoms with Gasteiger partial charge >= 0.3 is 0 Å². The third kappa shape index (κ3) is 4.72. The second-order valence-electron chi connectivity index (χ2n) is 7.31. The van der Waals surface area contributed by atoms with E-state index in [9.17, 15) is 9.59 Å². The van der Waals surface area contributed by atoms with Gasteiger partial charge in [-0.3, -0.25) is 14.5 Å². The third-order valence-electron chi connectivity index (χ3n) is 4.49. The largest absolute Gasteiger partial charge is 0.493 e. The van der Waals surface area contributed by atoms with Crippen molar-refractivity contribution >= 4 is 11.7 Å². The number of amides is 1. The fraction of sp³-hybridized carbons (Fsp3) is 0.579. The Morgan fingerprint density at radius 1 is 1.00 bits per heavy atom. The molecule has 0 unspecified atom stereocenters. The first-order valence-corrected chi connectivity index (χ1v) is 8.53. The minimum Gasteiger partial charge on any atom is -0.493 e. The van der Waals surface area contributed by atoms with Gasteiger partial charge < -0.3 is 14.4 Å². The minimum absolute atomic E-state index is 0.0252. The summed E-state index contributed by atoms with van der Waals surface area (Å²) >= 11 is 0. The summed E-state index contributed by atoms with van der Waals surface area (Å²) in [6.45, 7) is 8.91. The van der Waals surface area contributed by atoms with Gasteiger partial charge in [0.15, 0.2) is 17.3 Å². The molecular weight excluding hydrogens is 320 g/mol. The Hall–Kier alpha value is -2.08. The van der Waals surface area contributed by atoms with E-state index in [4.69, 9.17) is 9.47 Å². The number of rotatable bonds is 5. The fourth-order valence-corrected chi connectivity index (χ4v) is 2.70. The molecule has 6 nitrogen and oxygen atoms in total. The van der Waals surface area contributed by atoms with Crippen LogP contribution in [0.4, 0.5) is 0 Å². The van der Waals surface area contributed by atoms with Gasteiger partial charge in [-0.1, -0.05) is 20.8 Å². The zero-order valence-electron chi connectivity index (χ0n) is 15.8. The van der Waals surface area contributed by atoms with Gasteiger partial charge in [0.1, 0.15) is 0 Å². The van der Waals surface area contributed by atoms with E-state index in [1.54, 1.807) is 32.4 Å². The highest BCUT2D eigenvalue weighted by Gasteiger charge is 2.27. The molecule has 6 heteroatoms. The lowest BCUT2D eigenvalue weighted by atomic mass is 9.90. The maximum Gasteiger partial charge on any atom is 0.254 e. The molecule has 0 aromatic heterocycles. The molecule has 25 heavy (non-hydrogen) atoms. The number of methoxy groups -OCH3 is 2. The topological polar surface area (TPSA) is 59.1 Å². The molecule has 1 amide bonds. The number of benzene rings is 1. The predicted molar refractivity (Wildman–Crippen MR) is 96.4 cm³/mol. The van der Waals surface area contributed by atoms with E-state index in [1.165, 1.54) is 0 Å². The number of hydrogen-bond donors (Lipinski definition) is 0. The molecule has 1 aromatic carbocycles. The lowest BCUT2D eigenvalue weighted by Crippen LogP contribution is -2.50.